The average Bonchev–Trinajstić information content (AvgIpc) is 2.24. The summed E-state index contributed by atoms with van der Waals surface area (Å²) in [5, 5.41) is 13.5. The third kappa shape index (κ3) is 2.56. The van der Waals surface area contributed by atoms with E-state index in [1.54, 1.807) is 14.0 Å². The predicted octanol–water partition coefficient (Wildman–Crippen LogP) is 1.52. The van der Waals surface area contributed by atoms with E-state index in [1.165, 1.54) is 0 Å². The summed E-state index contributed by atoms with van der Waals surface area (Å²) >= 11 is 0. The minimum atomic E-state index is -0.545. The van der Waals surface area contributed by atoms with Crippen molar-refractivity contribution in [1.29, 1.82) is 0 Å². The highest BCUT2D eigenvalue weighted by atomic mass is 16.6. The van der Waals surface area contributed by atoms with E-state index in [4.69, 9.17) is 4.74 Å². The van der Waals surface area contributed by atoms with Gasteiger partial charge in [0.05, 0.1) is 11.5 Å². The number of ether oxygens (including phenoxy) is 1. The molecule has 7 nitrogen and oxygen atoms in total. The van der Waals surface area contributed by atoms with Gasteiger partial charge in [-0.15, -0.1) is 0 Å². The number of nitrogens with one attached hydrogen (secondary N) is 1. The molecule has 7 heteroatoms. The fourth-order valence-corrected chi connectivity index (χ4v) is 1.18. The zero-order chi connectivity index (χ0) is 12.1. The number of hydrogen-bond acceptors (Lipinski definition) is 6. The molecule has 1 aromatic rings. The first-order valence-corrected chi connectivity index (χ1v) is 4.93. The Morgan fingerprint density at radius 3 is 2.69 bits per heavy atom. The quantitative estimate of drug-likeness (QED) is 0.604. The van der Waals surface area contributed by atoms with E-state index >= 15 is 0 Å². The van der Waals surface area contributed by atoms with Gasteiger partial charge in [0.15, 0.2) is 0 Å². The molecule has 0 aliphatic carbocycles. The largest absolute Gasteiger partial charge is 0.473 e. The van der Waals surface area contributed by atoms with Crippen LogP contribution in [-0.2, 0) is 0 Å². The molecule has 0 bridgehead atoms. The van der Waals surface area contributed by atoms with Gasteiger partial charge in [0.1, 0.15) is 5.82 Å². The van der Waals surface area contributed by atoms with E-state index in [0.717, 1.165) is 6.42 Å². The van der Waals surface area contributed by atoms with Crippen LogP contribution >= 0.6 is 0 Å². The van der Waals surface area contributed by atoms with Crippen molar-refractivity contribution in [2.45, 2.75) is 20.3 Å². The zero-order valence-electron chi connectivity index (χ0n) is 9.48. The van der Waals surface area contributed by atoms with E-state index in [1.807, 2.05) is 6.92 Å². The second-order valence-corrected chi connectivity index (χ2v) is 3.13. The van der Waals surface area contributed by atoms with Gasteiger partial charge < -0.3 is 10.1 Å². The van der Waals surface area contributed by atoms with E-state index in [2.05, 4.69) is 15.3 Å². The van der Waals surface area contributed by atoms with Crippen molar-refractivity contribution in [3.8, 4) is 5.88 Å². The van der Waals surface area contributed by atoms with Crippen molar-refractivity contribution in [2.24, 2.45) is 0 Å². The Kier molecular flexibility index (Phi) is 3.98. The maximum atomic E-state index is 10.9. The Bertz CT molecular complexity index is 395. The van der Waals surface area contributed by atoms with Gasteiger partial charge >= 0.3 is 5.69 Å². The summed E-state index contributed by atoms with van der Waals surface area (Å²) in [6, 6.07) is 0. The Morgan fingerprint density at radius 2 is 2.19 bits per heavy atom. The highest BCUT2D eigenvalue weighted by Crippen LogP contribution is 2.31. The van der Waals surface area contributed by atoms with E-state index in [0.29, 0.717) is 12.4 Å². The molecule has 0 amide bonds. The van der Waals surface area contributed by atoms with Crippen molar-refractivity contribution < 1.29 is 9.66 Å². The maximum absolute atomic E-state index is 10.9. The highest BCUT2D eigenvalue weighted by molar-refractivity contribution is 5.61. The van der Waals surface area contributed by atoms with Crippen LogP contribution in [0.2, 0.25) is 0 Å². The number of aromatic nitrogens is 2. The second-order valence-electron chi connectivity index (χ2n) is 3.13. The van der Waals surface area contributed by atoms with Crippen molar-refractivity contribution in [2.75, 3.05) is 19.0 Å². The van der Waals surface area contributed by atoms with Crippen LogP contribution in [0.1, 0.15) is 19.2 Å². The summed E-state index contributed by atoms with van der Waals surface area (Å²) in [5.41, 5.74) is -0.221. The van der Waals surface area contributed by atoms with E-state index in [-0.39, 0.29) is 17.4 Å². The third-order valence-corrected chi connectivity index (χ3v) is 1.83. The lowest BCUT2D eigenvalue weighted by molar-refractivity contribution is -0.385. The van der Waals surface area contributed by atoms with Gasteiger partial charge in [-0.25, -0.2) is 4.98 Å². The number of aryl methyl sites for hydroxylation is 1. The summed E-state index contributed by atoms with van der Waals surface area (Å²) in [6.45, 7) is 3.96. The third-order valence-electron chi connectivity index (χ3n) is 1.83. The molecule has 0 unspecified atom stereocenters. The number of rotatable bonds is 5. The Hall–Kier alpha value is -1.92. The van der Waals surface area contributed by atoms with Gasteiger partial charge in [0, 0.05) is 7.05 Å². The zero-order valence-corrected chi connectivity index (χ0v) is 9.48. The average molecular weight is 226 g/mol. The van der Waals surface area contributed by atoms with Crippen LogP contribution in [0.4, 0.5) is 11.5 Å². The van der Waals surface area contributed by atoms with Crippen LogP contribution in [-0.4, -0.2) is 28.5 Å². The molecule has 88 valence electrons. The van der Waals surface area contributed by atoms with Gasteiger partial charge in [0.2, 0.25) is 5.82 Å². The lowest BCUT2D eigenvalue weighted by Crippen LogP contribution is -2.07. The minimum Gasteiger partial charge on any atom is -0.473 e. The molecule has 0 spiro atoms. The lowest BCUT2D eigenvalue weighted by Gasteiger charge is -2.07. The SMILES string of the molecule is CCCOc1nc(C)nc(NC)c1[N+](=O)[O-]. The monoisotopic (exact) mass is 226 g/mol. The normalized spacial score (nSPS) is 9.94. The standard InChI is InChI=1S/C9H14N4O3/c1-4-5-16-9-7(13(14)15)8(10-3)11-6(2)12-9/h4-5H2,1-3H3,(H,10,11,12). The number of hydrogen-bond donors (Lipinski definition) is 1. The first-order chi connectivity index (χ1) is 7.60. The molecular weight excluding hydrogens is 212 g/mol. The number of nitro groups is 1. The summed E-state index contributed by atoms with van der Waals surface area (Å²) < 4.78 is 5.24. The molecule has 0 atom stereocenters. The molecule has 0 saturated carbocycles. The Labute approximate surface area is 93.0 Å². The van der Waals surface area contributed by atoms with Gasteiger partial charge in [-0.1, -0.05) is 6.92 Å². The van der Waals surface area contributed by atoms with Crippen molar-refractivity contribution >= 4 is 11.5 Å². The first-order valence-electron chi connectivity index (χ1n) is 4.93. The topological polar surface area (TPSA) is 90.2 Å². The molecule has 1 N–H and O–H groups in total. The van der Waals surface area contributed by atoms with Crippen LogP contribution in [0.3, 0.4) is 0 Å². The fraction of sp³-hybridized carbons (Fsp3) is 0.556. The molecule has 16 heavy (non-hydrogen) atoms. The van der Waals surface area contributed by atoms with Crippen LogP contribution < -0.4 is 10.1 Å². The van der Waals surface area contributed by atoms with Gasteiger partial charge in [-0.2, -0.15) is 4.98 Å². The summed E-state index contributed by atoms with van der Waals surface area (Å²) in [6.07, 6.45) is 0.759. The van der Waals surface area contributed by atoms with Crippen molar-refractivity contribution in [1.82, 2.24) is 9.97 Å². The molecule has 1 aromatic heterocycles. The maximum Gasteiger partial charge on any atom is 0.372 e. The highest BCUT2D eigenvalue weighted by Gasteiger charge is 2.24. The minimum absolute atomic E-state index is 0.0173. The molecule has 0 aliphatic rings. The Morgan fingerprint density at radius 1 is 1.50 bits per heavy atom. The predicted molar refractivity (Wildman–Crippen MR) is 58.8 cm³/mol. The van der Waals surface area contributed by atoms with Gasteiger partial charge in [0.25, 0.3) is 5.88 Å². The van der Waals surface area contributed by atoms with E-state index < -0.39 is 4.92 Å². The molecule has 0 radical (unpaired) electrons. The molecule has 1 rings (SSSR count). The van der Waals surface area contributed by atoms with Gasteiger partial charge in [-0.3, -0.25) is 10.1 Å². The summed E-state index contributed by atoms with van der Waals surface area (Å²) in [5.74, 6) is 0.619. The lowest BCUT2D eigenvalue weighted by atomic mass is 10.4. The number of nitrogens with zero attached hydrogens (tertiary/aromatic N) is 3. The molecule has 0 aromatic carbocycles. The Balaban J connectivity index is 3.21. The number of anilines is 1. The summed E-state index contributed by atoms with van der Waals surface area (Å²) in [7, 11) is 1.57. The molecule has 0 saturated heterocycles. The van der Waals surface area contributed by atoms with E-state index in [9.17, 15) is 10.1 Å². The first kappa shape index (κ1) is 12.2. The molecule has 1 heterocycles. The van der Waals surface area contributed by atoms with Crippen LogP contribution in [0, 0.1) is 17.0 Å². The molecule has 0 fully saturated rings. The molecule has 0 aliphatic heterocycles. The fourth-order valence-electron chi connectivity index (χ4n) is 1.18. The van der Waals surface area contributed by atoms with Gasteiger partial charge in [-0.05, 0) is 13.3 Å². The van der Waals surface area contributed by atoms with Crippen LogP contribution in [0.25, 0.3) is 0 Å². The second kappa shape index (κ2) is 5.24. The van der Waals surface area contributed by atoms with Crippen molar-refractivity contribution in [3.63, 3.8) is 0 Å². The summed E-state index contributed by atoms with van der Waals surface area (Å²) in [4.78, 5) is 18.2. The van der Waals surface area contributed by atoms with Crippen LogP contribution in [0.5, 0.6) is 5.88 Å². The smallest absolute Gasteiger partial charge is 0.372 e. The van der Waals surface area contributed by atoms with Crippen LogP contribution in [0.15, 0.2) is 0 Å². The molecular formula is C9H14N4O3. The van der Waals surface area contributed by atoms with Crippen molar-refractivity contribution in [3.05, 3.63) is 15.9 Å².